The van der Waals surface area contributed by atoms with E-state index >= 15 is 0 Å². The van der Waals surface area contributed by atoms with Crippen molar-refractivity contribution in [3.63, 3.8) is 0 Å². The number of benzene rings is 8. The Hall–Kier alpha value is -6.38. The molecule has 9 aromatic rings. The Morgan fingerprint density at radius 3 is 1.73 bits per heavy atom. The van der Waals surface area contributed by atoms with Crippen LogP contribution >= 0.6 is 0 Å². The number of para-hydroxylation sites is 1. The van der Waals surface area contributed by atoms with Gasteiger partial charge in [0, 0.05) is 33.5 Å². The molecule has 0 saturated carbocycles. The van der Waals surface area contributed by atoms with Crippen LogP contribution in [0, 0.1) is 0 Å². The van der Waals surface area contributed by atoms with Crippen LogP contribution in [-0.4, -0.2) is 4.57 Å². The van der Waals surface area contributed by atoms with Gasteiger partial charge < -0.3 is 9.47 Å². The van der Waals surface area contributed by atoms with E-state index in [-0.39, 0.29) is 10.8 Å². The maximum absolute atomic E-state index is 2.47. The van der Waals surface area contributed by atoms with Crippen LogP contribution < -0.4 is 4.90 Å². The molecule has 8 aromatic carbocycles. The highest BCUT2D eigenvalue weighted by Gasteiger charge is 2.37. The maximum atomic E-state index is 2.47. The Morgan fingerprint density at radius 1 is 0.411 bits per heavy atom. The smallest absolute Gasteiger partial charge is 0.0562 e. The minimum absolute atomic E-state index is 0.168. The van der Waals surface area contributed by atoms with E-state index in [1.807, 2.05) is 0 Å². The molecule has 0 N–H and O–H groups in total. The second-order valence-corrected chi connectivity index (χ2v) is 16.9. The van der Waals surface area contributed by atoms with E-state index in [9.17, 15) is 0 Å². The monoisotopic (exact) mass is 722 g/mol. The molecule has 0 spiro atoms. The largest absolute Gasteiger partial charge is 0.310 e. The van der Waals surface area contributed by atoms with Gasteiger partial charge in [-0.25, -0.2) is 0 Å². The number of aromatic nitrogens is 1. The highest BCUT2D eigenvalue weighted by molar-refractivity contribution is 6.21. The van der Waals surface area contributed by atoms with E-state index in [2.05, 4.69) is 219 Å². The van der Waals surface area contributed by atoms with Crippen LogP contribution in [0.1, 0.15) is 51.7 Å². The number of anilines is 3. The third kappa shape index (κ3) is 5.71. The van der Waals surface area contributed by atoms with E-state index < -0.39 is 0 Å². The van der Waals surface area contributed by atoms with Crippen molar-refractivity contribution in [1.29, 1.82) is 0 Å². The molecule has 1 heterocycles. The average molecular weight is 723 g/mol. The van der Waals surface area contributed by atoms with Crippen molar-refractivity contribution in [2.24, 2.45) is 0 Å². The molecule has 0 fully saturated rings. The fourth-order valence-electron chi connectivity index (χ4n) is 9.22. The lowest BCUT2D eigenvalue weighted by molar-refractivity contribution is 0.332. The van der Waals surface area contributed by atoms with E-state index in [4.69, 9.17) is 0 Å². The van der Waals surface area contributed by atoms with Gasteiger partial charge in [-0.05, 0) is 122 Å². The molecule has 0 amide bonds. The van der Waals surface area contributed by atoms with Crippen LogP contribution in [0.25, 0.3) is 60.5 Å². The van der Waals surface area contributed by atoms with Gasteiger partial charge in [-0.15, -0.1) is 0 Å². The fraction of sp³-hybridized carbons (Fsp3) is 0.148. The Balaban J connectivity index is 1.13. The summed E-state index contributed by atoms with van der Waals surface area (Å²) in [6, 6.07) is 67.0. The third-order valence-electron chi connectivity index (χ3n) is 12.5. The molecule has 0 aliphatic heterocycles. The van der Waals surface area contributed by atoms with Crippen molar-refractivity contribution in [3.8, 4) is 27.9 Å². The zero-order chi connectivity index (χ0) is 38.0. The van der Waals surface area contributed by atoms with Crippen molar-refractivity contribution >= 4 is 49.6 Å². The molecule has 1 aliphatic rings. The van der Waals surface area contributed by atoms with Crippen molar-refractivity contribution in [3.05, 3.63) is 193 Å². The van der Waals surface area contributed by atoms with Gasteiger partial charge >= 0.3 is 0 Å². The third-order valence-corrected chi connectivity index (χ3v) is 12.5. The molecule has 1 aromatic heterocycles. The maximum Gasteiger partial charge on any atom is 0.0562 e. The van der Waals surface area contributed by atoms with Gasteiger partial charge in [0.2, 0.25) is 0 Å². The fourth-order valence-corrected chi connectivity index (χ4v) is 9.22. The summed E-state index contributed by atoms with van der Waals surface area (Å²) in [6.45, 7) is 9.62. The standard InChI is InChI=1S/C54H46N2/c1-53(2)33-34-54(3,4)49-35-41(23-31-48(49)53)39-21-27-44(28-22-39)56-50-32-24-40-15-11-12-18-46(40)52(50)47-30-29-45(36-51(47)56)55(42-16-9-6-10-17-42)43-25-19-38(20-26-43)37-13-7-5-8-14-37/h5-32,35-36H,33-34H2,1-4H3. The molecular weight excluding hydrogens is 677 g/mol. The number of hydrogen-bond acceptors (Lipinski definition) is 1. The molecule has 0 bridgehead atoms. The van der Waals surface area contributed by atoms with Crippen LogP contribution in [0.2, 0.25) is 0 Å². The first kappa shape index (κ1) is 34.1. The quantitative estimate of drug-likeness (QED) is 0.166. The lowest BCUT2D eigenvalue weighted by atomic mass is 9.63. The topological polar surface area (TPSA) is 8.17 Å². The van der Waals surface area contributed by atoms with Crippen molar-refractivity contribution in [2.45, 2.75) is 51.4 Å². The van der Waals surface area contributed by atoms with Crippen molar-refractivity contribution < 1.29 is 0 Å². The van der Waals surface area contributed by atoms with Crippen LogP contribution in [0.3, 0.4) is 0 Å². The minimum Gasteiger partial charge on any atom is -0.310 e. The molecular formula is C54H46N2. The summed E-state index contributed by atoms with van der Waals surface area (Å²) in [5.41, 5.74) is 15.2. The second-order valence-electron chi connectivity index (χ2n) is 16.9. The minimum atomic E-state index is 0.168. The number of nitrogens with zero attached hydrogens (tertiary/aromatic N) is 2. The van der Waals surface area contributed by atoms with Gasteiger partial charge in [-0.3, -0.25) is 0 Å². The van der Waals surface area contributed by atoms with E-state index in [1.165, 1.54) is 78.8 Å². The van der Waals surface area contributed by atoms with E-state index in [1.54, 1.807) is 0 Å². The Bertz CT molecular complexity index is 2880. The SMILES string of the molecule is CC1(C)CCC(C)(C)c2cc(-c3ccc(-n4c5cc(N(c6ccccc6)c6ccc(-c7ccccc7)cc6)ccc5c5c6ccccc6ccc54)cc3)ccc21. The average Bonchev–Trinajstić information content (AvgIpc) is 3.58. The molecule has 10 rings (SSSR count). The first-order valence-corrected chi connectivity index (χ1v) is 20.0. The number of rotatable bonds is 6. The zero-order valence-corrected chi connectivity index (χ0v) is 32.6. The second kappa shape index (κ2) is 13.1. The lowest BCUT2D eigenvalue weighted by Gasteiger charge is -2.42. The highest BCUT2D eigenvalue weighted by atomic mass is 15.1. The number of hydrogen-bond donors (Lipinski definition) is 0. The van der Waals surface area contributed by atoms with Crippen LogP contribution in [0.4, 0.5) is 17.1 Å². The summed E-state index contributed by atoms with van der Waals surface area (Å²) >= 11 is 0. The predicted molar refractivity (Wildman–Crippen MR) is 239 cm³/mol. The molecule has 0 unspecified atom stereocenters. The predicted octanol–water partition coefficient (Wildman–Crippen LogP) is 15.1. The van der Waals surface area contributed by atoms with Gasteiger partial charge in [0.1, 0.15) is 0 Å². The van der Waals surface area contributed by atoms with Gasteiger partial charge in [-0.1, -0.05) is 155 Å². The molecule has 56 heavy (non-hydrogen) atoms. The molecule has 2 heteroatoms. The molecule has 0 saturated heterocycles. The van der Waals surface area contributed by atoms with Crippen LogP contribution in [-0.2, 0) is 10.8 Å². The molecule has 0 radical (unpaired) electrons. The summed E-state index contributed by atoms with van der Waals surface area (Å²) in [6.07, 6.45) is 2.43. The number of fused-ring (bicyclic) bond motifs is 6. The first-order chi connectivity index (χ1) is 27.2. The Labute approximate surface area is 330 Å². The van der Waals surface area contributed by atoms with Gasteiger partial charge in [0.15, 0.2) is 0 Å². The molecule has 0 atom stereocenters. The summed E-state index contributed by atoms with van der Waals surface area (Å²) < 4.78 is 2.46. The van der Waals surface area contributed by atoms with E-state index in [0.29, 0.717) is 0 Å². The summed E-state index contributed by atoms with van der Waals surface area (Å²) in [7, 11) is 0. The first-order valence-electron chi connectivity index (χ1n) is 20.0. The van der Waals surface area contributed by atoms with Gasteiger partial charge in [0.25, 0.3) is 0 Å². The molecule has 272 valence electrons. The lowest BCUT2D eigenvalue weighted by Crippen LogP contribution is -2.33. The molecule has 1 aliphatic carbocycles. The molecule has 2 nitrogen and oxygen atoms in total. The van der Waals surface area contributed by atoms with Gasteiger partial charge in [-0.2, -0.15) is 0 Å². The Kier molecular flexibility index (Phi) is 8.01. The summed E-state index contributed by atoms with van der Waals surface area (Å²) in [4.78, 5) is 2.37. The highest BCUT2D eigenvalue weighted by Crippen LogP contribution is 2.47. The normalized spacial score (nSPS) is 14.6. The van der Waals surface area contributed by atoms with Crippen molar-refractivity contribution in [1.82, 2.24) is 4.57 Å². The van der Waals surface area contributed by atoms with Gasteiger partial charge in [0.05, 0.1) is 11.0 Å². The van der Waals surface area contributed by atoms with Crippen LogP contribution in [0.5, 0.6) is 0 Å². The van der Waals surface area contributed by atoms with E-state index in [0.717, 1.165) is 22.7 Å². The Morgan fingerprint density at radius 2 is 0.982 bits per heavy atom. The van der Waals surface area contributed by atoms with Crippen LogP contribution in [0.15, 0.2) is 182 Å². The van der Waals surface area contributed by atoms with Crippen molar-refractivity contribution in [2.75, 3.05) is 4.90 Å². The zero-order valence-electron chi connectivity index (χ0n) is 32.6. The summed E-state index contributed by atoms with van der Waals surface area (Å²) in [5.74, 6) is 0. The summed E-state index contributed by atoms with van der Waals surface area (Å²) in [5, 5.41) is 5.05.